The lowest BCUT2D eigenvalue weighted by Gasteiger charge is -2.01. The van der Waals surface area contributed by atoms with Gasteiger partial charge in [-0.25, -0.2) is 9.78 Å². The van der Waals surface area contributed by atoms with E-state index in [1.165, 1.54) is 24.6 Å². The van der Waals surface area contributed by atoms with E-state index in [0.29, 0.717) is 10.0 Å². The van der Waals surface area contributed by atoms with E-state index in [1.54, 1.807) is 0 Å². The van der Waals surface area contributed by atoms with Crippen molar-refractivity contribution in [1.82, 2.24) is 15.2 Å². The molecule has 2 N–H and O–H groups in total. The third-order valence-corrected chi connectivity index (χ3v) is 3.15. The van der Waals surface area contributed by atoms with Gasteiger partial charge in [0.25, 0.3) is 0 Å². The highest BCUT2D eigenvalue weighted by atomic mass is 32.1. The maximum Gasteiger partial charge on any atom is 0.349 e. The van der Waals surface area contributed by atoms with Gasteiger partial charge in [0.05, 0.1) is 30.4 Å². The number of aromatic nitrogens is 3. The van der Waals surface area contributed by atoms with E-state index in [-0.39, 0.29) is 5.97 Å². The topological polar surface area (TPSA) is 79.9 Å². The summed E-state index contributed by atoms with van der Waals surface area (Å²) in [5.41, 5.74) is 2.67. The fourth-order valence-corrected chi connectivity index (χ4v) is 2.11. The molecule has 17 heavy (non-hydrogen) atoms. The molecule has 0 aliphatic rings. The third-order valence-electron chi connectivity index (χ3n) is 2.25. The van der Waals surface area contributed by atoms with Crippen LogP contribution in [-0.2, 0) is 4.74 Å². The van der Waals surface area contributed by atoms with E-state index in [4.69, 9.17) is 0 Å². The molecule has 0 spiro atoms. The van der Waals surface area contributed by atoms with E-state index in [1.807, 2.05) is 13.8 Å². The number of hydrogen-bond acceptors (Lipinski definition) is 6. The second-order valence-corrected chi connectivity index (χ2v) is 4.49. The van der Waals surface area contributed by atoms with Crippen molar-refractivity contribution in [3.05, 3.63) is 22.5 Å². The van der Waals surface area contributed by atoms with Crippen LogP contribution in [0.3, 0.4) is 0 Å². The number of methoxy groups -OCH3 is 1. The molecule has 0 unspecified atom stereocenters. The van der Waals surface area contributed by atoms with Crippen molar-refractivity contribution in [2.45, 2.75) is 13.8 Å². The molecule has 0 saturated carbocycles. The normalized spacial score (nSPS) is 10.3. The number of ether oxygens (including phenoxy) is 1. The summed E-state index contributed by atoms with van der Waals surface area (Å²) in [6, 6.07) is 0. The second-order valence-electron chi connectivity index (χ2n) is 3.46. The van der Waals surface area contributed by atoms with E-state index < -0.39 is 0 Å². The van der Waals surface area contributed by atoms with Crippen molar-refractivity contribution in [3.63, 3.8) is 0 Å². The fourth-order valence-electron chi connectivity index (χ4n) is 1.37. The Labute approximate surface area is 102 Å². The molecule has 0 aliphatic heterocycles. The van der Waals surface area contributed by atoms with Crippen molar-refractivity contribution in [2.24, 2.45) is 0 Å². The zero-order chi connectivity index (χ0) is 12.4. The van der Waals surface area contributed by atoms with Gasteiger partial charge in [-0.2, -0.15) is 5.10 Å². The first-order chi connectivity index (χ1) is 8.11. The maximum absolute atomic E-state index is 11.3. The van der Waals surface area contributed by atoms with Gasteiger partial charge in [0.2, 0.25) is 0 Å². The number of H-pyrrole nitrogens is 1. The van der Waals surface area contributed by atoms with Gasteiger partial charge in [-0.1, -0.05) is 11.3 Å². The summed E-state index contributed by atoms with van der Waals surface area (Å²) in [5, 5.41) is 10.7. The average molecular weight is 252 g/mol. The summed E-state index contributed by atoms with van der Waals surface area (Å²) in [5.74, 6) is -0.379. The number of aromatic amines is 1. The van der Waals surface area contributed by atoms with Gasteiger partial charge in [0.15, 0.2) is 5.13 Å². The van der Waals surface area contributed by atoms with Gasteiger partial charge in [-0.15, -0.1) is 0 Å². The van der Waals surface area contributed by atoms with Crippen LogP contribution in [-0.4, -0.2) is 28.3 Å². The molecule has 0 bridgehead atoms. The number of hydrogen-bond donors (Lipinski definition) is 2. The highest BCUT2D eigenvalue weighted by Crippen LogP contribution is 2.26. The van der Waals surface area contributed by atoms with Gasteiger partial charge in [-0.05, 0) is 13.8 Å². The Bertz CT molecular complexity index is 527. The number of rotatable bonds is 3. The summed E-state index contributed by atoms with van der Waals surface area (Å²) >= 11 is 1.24. The molecule has 2 aromatic rings. The van der Waals surface area contributed by atoms with Crippen LogP contribution in [0.25, 0.3) is 0 Å². The Morgan fingerprint density at radius 1 is 1.53 bits per heavy atom. The minimum atomic E-state index is -0.379. The summed E-state index contributed by atoms with van der Waals surface area (Å²) in [6.07, 6.45) is 1.49. The van der Waals surface area contributed by atoms with Gasteiger partial charge in [0, 0.05) is 0 Å². The summed E-state index contributed by atoms with van der Waals surface area (Å²) in [6.45, 7) is 3.80. The summed E-state index contributed by atoms with van der Waals surface area (Å²) in [4.78, 5) is 15.8. The van der Waals surface area contributed by atoms with E-state index >= 15 is 0 Å². The second kappa shape index (κ2) is 4.54. The third kappa shape index (κ3) is 2.28. The molecule has 0 atom stereocenters. The van der Waals surface area contributed by atoms with Crippen LogP contribution in [0.2, 0.25) is 0 Å². The predicted molar refractivity (Wildman–Crippen MR) is 64.8 cm³/mol. The average Bonchev–Trinajstić information content (AvgIpc) is 2.90. The minimum Gasteiger partial charge on any atom is -0.465 e. The molecule has 7 heteroatoms. The summed E-state index contributed by atoms with van der Waals surface area (Å²) in [7, 11) is 1.35. The number of thiazole rings is 1. The molecule has 0 aromatic carbocycles. The zero-order valence-electron chi connectivity index (χ0n) is 9.70. The monoisotopic (exact) mass is 252 g/mol. The summed E-state index contributed by atoms with van der Waals surface area (Å²) < 4.78 is 4.62. The smallest absolute Gasteiger partial charge is 0.349 e. The van der Waals surface area contributed by atoms with Gasteiger partial charge in [0.1, 0.15) is 4.88 Å². The Balaban J connectivity index is 2.20. The quantitative estimate of drug-likeness (QED) is 0.817. The lowest BCUT2D eigenvalue weighted by atomic mass is 10.3. The van der Waals surface area contributed by atoms with Crippen LogP contribution in [0.5, 0.6) is 0 Å². The van der Waals surface area contributed by atoms with Crippen molar-refractivity contribution >= 4 is 28.1 Å². The Morgan fingerprint density at radius 2 is 2.29 bits per heavy atom. The first kappa shape index (κ1) is 11.6. The molecule has 2 rings (SSSR count). The van der Waals surface area contributed by atoms with Gasteiger partial charge >= 0.3 is 5.97 Å². The van der Waals surface area contributed by atoms with E-state index in [0.717, 1.165) is 17.1 Å². The molecular formula is C10H12N4O2S. The van der Waals surface area contributed by atoms with Gasteiger partial charge in [-0.3, -0.25) is 5.10 Å². The first-order valence-corrected chi connectivity index (χ1v) is 5.76. The van der Waals surface area contributed by atoms with Crippen LogP contribution in [0.1, 0.15) is 21.1 Å². The number of anilines is 2. The predicted octanol–water partition coefficient (Wildman–Crippen LogP) is 2.01. The van der Waals surface area contributed by atoms with E-state index in [2.05, 4.69) is 25.2 Å². The SMILES string of the molecule is COC(=O)c1cnc(Nc2c(C)n[nH]c2C)s1. The Hall–Kier alpha value is -1.89. The lowest BCUT2D eigenvalue weighted by Crippen LogP contribution is -1.96. The molecule has 0 aliphatic carbocycles. The highest BCUT2D eigenvalue weighted by molar-refractivity contribution is 7.17. The van der Waals surface area contributed by atoms with Crippen molar-refractivity contribution < 1.29 is 9.53 Å². The molecule has 2 heterocycles. The van der Waals surface area contributed by atoms with Crippen molar-refractivity contribution in [1.29, 1.82) is 0 Å². The van der Waals surface area contributed by atoms with Crippen LogP contribution in [0.15, 0.2) is 6.20 Å². The lowest BCUT2D eigenvalue weighted by molar-refractivity contribution is 0.0606. The highest BCUT2D eigenvalue weighted by Gasteiger charge is 2.12. The number of nitrogens with zero attached hydrogens (tertiary/aromatic N) is 2. The molecule has 90 valence electrons. The molecule has 0 fully saturated rings. The fraction of sp³-hybridized carbons (Fsp3) is 0.300. The Morgan fingerprint density at radius 3 is 2.88 bits per heavy atom. The molecule has 0 amide bonds. The number of esters is 1. The number of aryl methyl sites for hydroxylation is 2. The molecule has 6 nitrogen and oxygen atoms in total. The zero-order valence-corrected chi connectivity index (χ0v) is 10.5. The first-order valence-electron chi connectivity index (χ1n) is 4.94. The maximum atomic E-state index is 11.3. The number of nitrogens with one attached hydrogen (secondary N) is 2. The van der Waals surface area contributed by atoms with Crippen LogP contribution in [0, 0.1) is 13.8 Å². The number of carbonyl (C=O) groups is 1. The Kier molecular flexibility index (Phi) is 3.10. The van der Waals surface area contributed by atoms with Crippen molar-refractivity contribution in [3.8, 4) is 0 Å². The molecule has 2 aromatic heterocycles. The largest absolute Gasteiger partial charge is 0.465 e. The minimum absolute atomic E-state index is 0.379. The molecule has 0 radical (unpaired) electrons. The molecular weight excluding hydrogens is 240 g/mol. The molecule has 0 saturated heterocycles. The standard InChI is InChI=1S/C10H12N4O2S/c1-5-8(6(2)14-13-5)12-10-11-4-7(17-10)9(15)16-3/h4H,1-3H3,(H,11,12)(H,13,14). The van der Waals surface area contributed by atoms with E-state index in [9.17, 15) is 4.79 Å². The van der Waals surface area contributed by atoms with Crippen LogP contribution in [0.4, 0.5) is 10.8 Å². The van der Waals surface area contributed by atoms with Crippen LogP contribution < -0.4 is 5.32 Å². The number of carbonyl (C=O) groups excluding carboxylic acids is 1. The van der Waals surface area contributed by atoms with Crippen LogP contribution >= 0.6 is 11.3 Å². The van der Waals surface area contributed by atoms with Crippen molar-refractivity contribution in [2.75, 3.05) is 12.4 Å². The van der Waals surface area contributed by atoms with Gasteiger partial charge < -0.3 is 10.1 Å².